The van der Waals surface area contributed by atoms with E-state index < -0.39 is 17.7 Å². The molecule has 142 valence electrons. The van der Waals surface area contributed by atoms with Crippen molar-refractivity contribution in [3.63, 3.8) is 0 Å². The van der Waals surface area contributed by atoms with Gasteiger partial charge in [-0.3, -0.25) is 5.32 Å². The molecule has 3 aromatic rings. The molecule has 2 aromatic carbocycles. The number of guanidine groups is 1. The van der Waals surface area contributed by atoms with E-state index in [0.717, 1.165) is 5.69 Å². The van der Waals surface area contributed by atoms with Crippen molar-refractivity contribution in [3.8, 4) is 11.9 Å². The Morgan fingerprint density at radius 1 is 1.21 bits per heavy atom. The molecule has 0 fully saturated rings. The van der Waals surface area contributed by atoms with Gasteiger partial charge in [0.25, 0.3) is 0 Å². The minimum atomic E-state index is -0.967. The maximum absolute atomic E-state index is 10.9. The summed E-state index contributed by atoms with van der Waals surface area (Å²) >= 11 is 0. The third-order valence-corrected chi connectivity index (χ3v) is 4.57. The molecule has 0 bridgehead atoms. The lowest BCUT2D eigenvalue weighted by molar-refractivity contribution is -0.0565. The molecule has 4 rings (SSSR count). The van der Waals surface area contributed by atoms with Crippen LogP contribution >= 0.6 is 0 Å². The second-order valence-electron chi connectivity index (χ2n) is 6.94. The molecule has 0 spiro atoms. The zero-order chi connectivity index (χ0) is 19.7. The fourth-order valence-corrected chi connectivity index (χ4v) is 3.13. The van der Waals surface area contributed by atoms with Crippen LogP contribution in [0.3, 0.4) is 0 Å². The van der Waals surface area contributed by atoms with Crippen molar-refractivity contribution in [2.75, 3.05) is 5.32 Å². The molecule has 0 radical (unpaired) electrons. The summed E-state index contributed by atoms with van der Waals surface area (Å²) in [7, 11) is 0. The molecule has 9 heteroatoms. The van der Waals surface area contributed by atoms with Crippen molar-refractivity contribution in [3.05, 3.63) is 48.0 Å². The first kappa shape index (κ1) is 17.8. The Labute approximate surface area is 160 Å². The maximum atomic E-state index is 10.9. The number of aliphatic hydroxyl groups excluding tert-OH is 1. The summed E-state index contributed by atoms with van der Waals surface area (Å²) in [6.07, 6.45) is 0.902. The number of benzene rings is 2. The molecule has 1 aliphatic heterocycles. The Hall–Kier alpha value is -3.64. The zero-order valence-corrected chi connectivity index (χ0v) is 15.2. The van der Waals surface area contributed by atoms with Crippen molar-refractivity contribution in [2.45, 2.75) is 31.6 Å². The lowest BCUT2D eigenvalue weighted by Gasteiger charge is -2.40. The normalized spacial score (nSPS) is 20.7. The van der Waals surface area contributed by atoms with Gasteiger partial charge in [0.05, 0.1) is 0 Å². The first-order valence-electron chi connectivity index (χ1n) is 8.66. The van der Waals surface area contributed by atoms with E-state index in [1.807, 2.05) is 36.5 Å². The van der Waals surface area contributed by atoms with Crippen LogP contribution in [0.15, 0.2) is 52.1 Å². The Bertz CT molecular complexity index is 1070. The molecule has 0 saturated carbocycles. The lowest BCUT2D eigenvalue weighted by Crippen LogP contribution is -2.49. The Morgan fingerprint density at radius 2 is 1.93 bits per heavy atom. The Balaban J connectivity index is 1.79. The summed E-state index contributed by atoms with van der Waals surface area (Å²) in [4.78, 5) is 4.59. The number of aromatic nitrogens is 2. The summed E-state index contributed by atoms with van der Waals surface area (Å²) < 4.78 is 10.7. The van der Waals surface area contributed by atoms with Gasteiger partial charge in [0.2, 0.25) is 5.96 Å². The molecular formula is C19H18N6O3. The van der Waals surface area contributed by atoms with Gasteiger partial charge >= 0.3 is 0 Å². The van der Waals surface area contributed by atoms with E-state index in [9.17, 15) is 5.11 Å². The average molecular weight is 378 g/mol. The fraction of sp³-hybridized carbons (Fsp3) is 0.263. The van der Waals surface area contributed by atoms with Gasteiger partial charge in [0, 0.05) is 17.3 Å². The van der Waals surface area contributed by atoms with Crippen LogP contribution < -0.4 is 15.4 Å². The minimum absolute atomic E-state index is 0.208. The van der Waals surface area contributed by atoms with Crippen LogP contribution in [-0.4, -0.2) is 33.1 Å². The van der Waals surface area contributed by atoms with Crippen LogP contribution in [0.25, 0.3) is 11.0 Å². The van der Waals surface area contributed by atoms with Gasteiger partial charge in [-0.25, -0.2) is 9.62 Å². The molecule has 0 aliphatic carbocycles. The van der Waals surface area contributed by atoms with E-state index in [4.69, 9.17) is 14.6 Å². The smallest absolute Gasteiger partial charge is 0.209 e. The number of aliphatic imine (C=N–C) groups is 1. The number of hydrogen-bond acceptors (Lipinski definition) is 7. The number of ether oxygens (including phenoxy) is 1. The number of aliphatic hydroxyl groups is 1. The van der Waals surface area contributed by atoms with Gasteiger partial charge in [-0.05, 0) is 42.4 Å². The van der Waals surface area contributed by atoms with E-state index in [1.165, 1.54) is 0 Å². The largest absolute Gasteiger partial charge is 0.485 e. The molecule has 0 amide bonds. The molecule has 1 aliphatic rings. The number of hydrogen-bond donors (Lipinski definition) is 3. The monoisotopic (exact) mass is 378 g/mol. The molecular weight excluding hydrogens is 360 g/mol. The predicted octanol–water partition coefficient (Wildman–Crippen LogP) is 2.33. The first-order valence-corrected chi connectivity index (χ1v) is 8.66. The maximum Gasteiger partial charge on any atom is 0.209 e. The molecule has 0 unspecified atom stereocenters. The quantitative estimate of drug-likeness (QED) is 0.268. The Kier molecular flexibility index (Phi) is 4.33. The summed E-state index contributed by atoms with van der Waals surface area (Å²) in [5.41, 5.74) is 1.55. The SMILES string of the molecule is CC1(C)Oc2cc3nonc3cc2[C@@H](N=C(NC#N)Nc2ccccc2)[C@@H]1O. The standard InChI is InChI=1S/C19H18N6O3/c1-19(2)17(26)16(12-8-13-14(25-28-24-13)9-15(12)27-19)23-18(21-10-20)22-11-6-4-3-5-7-11/h3-9,16-17,26H,1-2H3,(H2,21,22,23)/t16-,17+/m1/s1. The van der Waals surface area contributed by atoms with Gasteiger partial charge in [0.1, 0.15) is 34.5 Å². The molecule has 28 heavy (non-hydrogen) atoms. The fourth-order valence-electron chi connectivity index (χ4n) is 3.13. The van der Waals surface area contributed by atoms with Crippen molar-refractivity contribution in [1.29, 1.82) is 5.26 Å². The highest BCUT2D eigenvalue weighted by molar-refractivity contribution is 5.94. The average Bonchev–Trinajstić information content (AvgIpc) is 3.12. The third-order valence-electron chi connectivity index (χ3n) is 4.57. The van der Waals surface area contributed by atoms with Crippen molar-refractivity contribution < 1.29 is 14.5 Å². The van der Waals surface area contributed by atoms with E-state index in [0.29, 0.717) is 22.3 Å². The zero-order valence-electron chi connectivity index (χ0n) is 15.2. The number of para-hydroxylation sites is 1. The number of nitriles is 1. The lowest BCUT2D eigenvalue weighted by atomic mass is 9.86. The van der Waals surface area contributed by atoms with E-state index >= 15 is 0 Å². The highest BCUT2D eigenvalue weighted by Gasteiger charge is 2.43. The topological polar surface area (TPSA) is 129 Å². The molecule has 3 N–H and O–H groups in total. The van der Waals surface area contributed by atoms with E-state index in [2.05, 4.69) is 25.9 Å². The molecule has 1 aromatic heterocycles. The summed E-state index contributed by atoms with van der Waals surface area (Å²) in [5.74, 6) is 0.739. The predicted molar refractivity (Wildman–Crippen MR) is 102 cm³/mol. The van der Waals surface area contributed by atoms with Gasteiger partial charge in [0.15, 0.2) is 6.19 Å². The number of rotatable bonds is 2. The number of anilines is 1. The van der Waals surface area contributed by atoms with E-state index in [1.54, 1.807) is 26.0 Å². The van der Waals surface area contributed by atoms with Gasteiger partial charge in [-0.1, -0.05) is 18.2 Å². The van der Waals surface area contributed by atoms with Crippen molar-refractivity contribution >= 4 is 22.7 Å². The number of nitrogens with one attached hydrogen (secondary N) is 2. The van der Waals surface area contributed by atoms with Crippen LogP contribution in [0.1, 0.15) is 25.5 Å². The van der Waals surface area contributed by atoms with Crippen LogP contribution in [-0.2, 0) is 0 Å². The third kappa shape index (κ3) is 3.21. The summed E-state index contributed by atoms with van der Waals surface area (Å²) in [6.45, 7) is 3.55. The highest BCUT2D eigenvalue weighted by Crippen LogP contribution is 2.43. The number of nitrogens with zero attached hydrogens (tertiary/aromatic N) is 4. The summed E-state index contributed by atoms with van der Waals surface area (Å²) in [5, 5.41) is 33.3. The van der Waals surface area contributed by atoms with Gasteiger partial charge < -0.3 is 15.2 Å². The summed E-state index contributed by atoms with van der Waals surface area (Å²) in [6, 6.07) is 12.0. The van der Waals surface area contributed by atoms with Crippen molar-refractivity contribution in [1.82, 2.24) is 15.6 Å². The molecule has 2 heterocycles. The second kappa shape index (κ2) is 6.83. The van der Waals surface area contributed by atoms with Gasteiger partial charge in [-0.2, -0.15) is 5.26 Å². The van der Waals surface area contributed by atoms with Crippen LogP contribution in [0.5, 0.6) is 5.75 Å². The Morgan fingerprint density at radius 3 is 2.64 bits per heavy atom. The van der Waals surface area contributed by atoms with Crippen LogP contribution in [0.4, 0.5) is 5.69 Å². The van der Waals surface area contributed by atoms with Crippen molar-refractivity contribution in [2.24, 2.45) is 4.99 Å². The molecule has 9 nitrogen and oxygen atoms in total. The minimum Gasteiger partial charge on any atom is -0.485 e. The van der Waals surface area contributed by atoms with Gasteiger partial charge in [-0.15, -0.1) is 0 Å². The second-order valence-corrected chi connectivity index (χ2v) is 6.94. The number of fused-ring (bicyclic) bond motifs is 2. The van der Waals surface area contributed by atoms with Crippen LogP contribution in [0, 0.1) is 11.5 Å². The van der Waals surface area contributed by atoms with E-state index in [-0.39, 0.29) is 5.96 Å². The first-order chi connectivity index (χ1) is 13.5. The van der Waals surface area contributed by atoms with Crippen LogP contribution in [0.2, 0.25) is 0 Å². The molecule has 2 atom stereocenters. The molecule has 0 saturated heterocycles. The highest BCUT2D eigenvalue weighted by atomic mass is 16.6.